The van der Waals surface area contributed by atoms with Crippen LogP contribution >= 0.6 is 0 Å². The summed E-state index contributed by atoms with van der Waals surface area (Å²) in [5.41, 5.74) is 6.65. The van der Waals surface area contributed by atoms with E-state index in [4.69, 9.17) is 5.73 Å². The molecule has 0 aliphatic carbocycles. The topological polar surface area (TPSA) is 81.2 Å². The first-order chi connectivity index (χ1) is 6.68. The number of hydrogen-bond donors (Lipinski definition) is 2. The molecule has 74 valence electrons. The van der Waals surface area contributed by atoms with Gasteiger partial charge in [0.05, 0.1) is 4.92 Å². The van der Waals surface area contributed by atoms with Crippen LogP contribution in [0.3, 0.4) is 0 Å². The minimum Gasteiger partial charge on any atom is -0.393 e. The van der Waals surface area contributed by atoms with Crippen molar-refractivity contribution >= 4 is 11.4 Å². The van der Waals surface area contributed by atoms with Crippen molar-refractivity contribution in [3.05, 3.63) is 33.9 Å². The second-order valence-electron chi connectivity index (χ2n) is 3.37. The molecule has 1 atom stereocenters. The van der Waals surface area contributed by atoms with Gasteiger partial charge in [0.1, 0.15) is 5.69 Å². The van der Waals surface area contributed by atoms with Crippen LogP contribution in [0.15, 0.2) is 18.2 Å². The first kappa shape index (κ1) is 8.96. The molecule has 0 radical (unpaired) electrons. The van der Waals surface area contributed by atoms with E-state index in [1.807, 2.05) is 6.07 Å². The minimum absolute atomic E-state index is 0.00352. The molecule has 14 heavy (non-hydrogen) atoms. The van der Waals surface area contributed by atoms with Gasteiger partial charge in [0.15, 0.2) is 0 Å². The Morgan fingerprint density at radius 2 is 2.29 bits per heavy atom. The van der Waals surface area contributed by atoms with Gasteiger partial charge in [-0.2, -0.15) is 0 Å². The maximum atomic E-state index is 10.6. The van der Waals surface area contributed by atoms with Crippen LogP contribution in [0, 0.1) is 10.1 Å². The largest absolute Gasteiger partial charge is 0.393 e. The summed E-state index contributed by atoms with van der Waals surface area (Å²) in [5, 5.41) is 13.8. The second kappa shape index (κ2) is 3.26. The summed E-state index contributed by atoms with van der Waals surface area (Å²) < 4.78 is 0. The lowest BCUT2D eigenvalue weighted by atomic mass is 9.97. The molecule has 1 unspecified atom stereocenters. The van der Waals surface area contributed by atoms with Crippen LogP contribution in [-0.4, -0.2) is 11.5 Å². The SMILES string of the molecule is Nc1ccc(C2CCN2)cc1[N+](=O)[O-]. The molecule has 5 heteroatoms. The molecular formula is C9H11N3O2. The highest BCUT2D eigenvalue weighted by Crippen LogP contribution is 2.29. The fourth-order valence-corrected chi connectivity index (χ4v) is 1.51. The number of nitrogens with two attached hydrogens (primary N) is 1. The van der Waals surface area contributed by atoms with Gasteiger partial charge >= 0.3 is 0 Å². The average molecular weight is 193 g/mol. The number of rotatable bonds is 2. The van der Waals surface area contributed by atoms with Crippen molar-refractivity contribution in [2.45, 2.75) is 12.5 Å². The quantitative estimate of drug-likeness (QED) is 0.420. The Hall–Kier alpha value is -1.62. The predicted octanol–water partition coefficient (Wildman–Crippen LogP) is 1.21. The second-order valence-corrected chi connectivity index (χ2v) is 3.37. The highest BCUT2D eigenvalue weighted by Gasteiger charge is 2.21. The fraction of sp³-hybridized carbons (Fsp3) is 0.333. The number of nitro benzene ring substituents is 1. The first-order valence-electron chi connectivity index (χ1n) is 4.45. The molecule has 1 saturated heterocycles. The summed E-state index contributed by atoms with van der Waals surface area (Å²) in [4.78, 5) is 10.2. The molecule has 1 aromatic carbocycles. The van der Waals surface area contributed by atoms with Crippen molar-refractivity contribution < 1.29 is 4.92 Å². The van der Waals surface area contributed by atoms with Gasteiger partial charge in [-0.15, -0.1) is 0 Å². The fourth-order valence-electron chi connectivity index (χ4n) is 1.51. The van der Waals surface area contributed by atoms with Crippen molar-refractivity contribution in [3.8, 4) is 0 Å². The molecular weight excluding hydrogens is 182 g/mol. The lowest BCUT2D eigenvalue weighted by Crippen LogP contribution is -2.34. The Balaban J connectivity index is 2.34. The Kier molecular flexibility index (Phi) is 2.09. The van der Waals surface area contributed by atoms with Crippen LogP contribution < -0.4 is 11.1 Å². The third-order valence-electron chi connectivity index (χ3n) is 2.48. The predicted molar refractivity (Wildman–Crippen MR) is 52.9 cm³/mol. The van der Waals surface area contributed by atoms with E-state index in [-0.39, 0.29) is 17.4 Å². The highest BCUT2D eigenvalue weighted by atomic mass is 16.6. The number of nitrogens with one attached hydrogen (secondary N) is 1. The van der Waals surface area contributed by atoms with E-state index >= 15 is 0 Å². The summed E-state index contributed by atoms with van der Waals surface area (Å²) in [6.45, 7) is 0.975. The van der Waals surface area contributed by atoms with Gasteiger partial charge in [0, 0.05) is 12.1 Å². The number of benzene rings is 1. The van der Waals surface area contributed by atoms with Gasteiger partial charge < -0.3 is 11.1 Å². The van der Waals surface area contributed by atoms with Gasteiger partial charge in [0.2, 0.25) is 0 Å². The van der Waals surface area contributed by atoms with Crippen LogP contribution in [0.5, 0.6) is 0 Å². The summed E-state index contributed by atoms with van der Waals surface area (Å²) in [7, 11) is 0. The van der Waals surface area contributed by atoms with Gasteiger partial charge in [-0.25, -0.2) is 0 Å². The van der Waals surface area contributed by atoms with E-state index in [1.54, 1.807) is 12.1 Å². The molecule has 1 aliphatic heterocycles. The van der Waals surface area contributed by atoms with Crippen LogP contribution in [-0.2, 0) is 0 Å². The van der Waals surface area contributed by atoms with E-state index in [0.29, 0.717) is 0 Å². The third-order valence-corrected chi connectivity index (χ3v) is 2.48. The van der Waals surface area contributed by atoms with Gasteiger partial charge in [-0.3, -0.25) is 10.1 Å². The molecule has 0 aromatic heterocycles. The molecule has 1 aliphatic rings. The Morgan fingerprint density at radius 1 is 1.57 bits per heavy atom. The van der Waals surface area contributed by atoms with Gasteiger partial charge in [0.25, 0.3) is 5.69 Å². The number of nitrogens with zero attached hydrogens (tertiary/aromatic N) is 1. The van der Waals surface area contributed by atoms with Crippen LogP contribution in [0.2, 0.25) is 0 Å². The van der Waals surface area contributed by atoms with E-state index in [1.165, 1.54) is 0 Å². The normalized spacial score (nSPS) is 20.1. The zero-order valence-electron chi connectivity index (χ0n) is 7.56. The number of nitrogen functional groups attached to an aromatic ring is 1. The van der Waals surface area contributed by atoms with Crippen molar-refractivity contribution in [2.75, 3.05) is 12.3 Å². The molecule has 1 aromatic rings. The Morgan fingerprint density at radius 3 is 2.79 bits per heavy atom. The lowest BCUT2D eigenvalue weighted by molar-refractivity contribution is -0.384. The monoisotopic (exact) mass is 193 g/mol. The van der Waals surface area contributed by atoms with Crippen molar-refractivity contribution in [1.29, 1.82) is 0 Å². The molecule has 0 spiro atoms. The molecule has 5 nitrogen and oxygen atoms in total. The Labute approximate surface area is 81.1 Å². The molecule has 0 amide bonds. The van der Waals surface area contributed by atoms with Crippen molar-refractivity contribution in [3.63, 3.8) is 0 Å². The van der Waals surface area contributed by atoms with E-state index < -0.39 is 4.92 Å². The zero-order chi connectivity index (χ0) is 10.1. The molecule has 3 N–H and O–H groups in total. The smallest absolute Gasteiger partial charge is 0.292 e. The maximum absolute atomic E-state index is 10.6. The summed E-state index contributed by atoms with van der Waals surface area (Å²) in [6, 6.07) is 5.23. The van der Waals surface area contributed by atoms with E-state index in [9.17, 15) is 10.1 Å². The number of hydrogen-bond acceptors (Lipinski definition) is 4. The zero-order valence-corrected chi connectivity index (χ0v) is 7.56. The highest BCUT2D eigenvalue weighted by molar-refractivity contribution is 5.59. The molecule has 1 fully saturated rings. The standard InChI is InChI=1S/C9H11N3O2/c10-7-2-1-6(8-3-4-11-8)5-9(7)12(13)14/h1-2,5,8,11H,3-4,10H2. The minimum atomic E-state index is -0.447. The van der Waals surface area contributed by atoms with E-state index in [2.05, 4.69) is 5.32 Å². The lowest BCUT2D eigenvalue weighted by Gasteiger charge is -2.27. The third kappa shape index (κ3) is 1.42. The van der Waals surface area contributed by atoms with Crippen molar-refractivity contribution in [2.24, 2.45) is 0 Å². The molecule has 1 heterocycles. The first-order valence-corrected chi connectivity index (χ1v) is 4.45. The number of nitro groups is 1. The molecule has 0 bridgehead atoms. The summed E-state index contributed by atoms with van der Waals surface area (Å²) >= 11 is 0. The summed E-state index contributed by atoms with van der Waals surface area (Å²) in [6.07, 6.45) is 1.03. The van der Waals surface area contributed by atoms with Crippen LogP contribution in [0.1, 0.15) is 18.0 Å². The Bertz CT molecular complexity index is 374. The van der Waals surface area contributed by atoms with E-state index in [0.717, 1.165) is 18.5 Å². The van der Waals surface area contributed by atoms with Crippen LogP contribution in [0.4, 0.5) is 11.4 Å². The van der Waals surface area contributed by atoms with Gasteiger partial charge in [-0.1, -0.05) is 6.07 Å². The van der Waals surface area contributed by atoms with Crippen molar-refractivity contribution in [1.82, 2.24) is 5.32 Å². The maximum Gasteiger partial charge on any atom is 0.292 e. The average Bonchev–Trinajstić information content (AvgIpc) is 2.04. The van der Waals surface area contributed by atoms with Crippen LogP contribution in [0.25, 0.3) is 0 Å². The van der Waals surface area contributed by atoms with Gasteiger partial charge in [-0.05, 0) is 24.6 Å². The number of anilines is 1. The molecule has 2 rings (SSSR count). The summed E-state index contributed by atoms with van der Waals surface area (Å²) in [5.74, 6) is 0. The molecule has 0 saturated carbocycles.